The summed E-state index contributed by atoms with van der Waals surface area (Å²) in [5.41, 5.74) is 5.51. The lowest BCUT2D eigenvalue weighted by molar-refractivity contribution is 0.391. The Morgan fingerprint density at radius 2 is 2.30 bits per heavy atom. The molecule has 0 aliphatic rings. The van der Waals surface area contributed by atoms with Gasteiger partial charge in [-0.2, -0.15) is 0 Å². The van der Waals surface area contributed by atoms with Gasteiger partial charge in [0.05, 0.1) is 6.26 Å². The van der Waals surface area contributed by atoms with E-state index in [4.69, 9.17) is 10.2 Å². The maximum Gasteiger partial charge on any atom is 0.110 e. The van der Waals surface area contributed by atoms with Crippen LogP contribution in [0.15, 0.2) is 22.8 Å². The van der Waals surface area contributed by atoms with Crippen LogP contribution < -0.4 is 5.73 Å². The van der Waals surface area contributed by atoms with E-state index in [2.05, 4.69) is 13.8 Å². The van der Waals surface area contributed by atoms with Gasteiger partial charge in [-0.3, -0.25) is 0 Å². The van der Waals surface area contributed by atoms with Crippen molar-refractivity contribution in [3.05, 3.63) is 24.2 Å². The third-order valence-corrected chi connectivity index (χ3v) is 1.70. The van der Waals surface area contributed by atoms with E-state index in [1.165, 1.54) is 0 Å². The molecule has 0 bridgehead atoms. The molecule has 0 aromatic carbocycles. The molecule has 1 aromatic rings. The molecule has 0 amide bonds. The molecule has 1 rings (SSSR count). The second-order valence-electron chi connectivity index (χ2n) is 3.07. The number of furan rings is 1. The topological polar surface area (TPSA) is 39.2 Å². The Kier molecular flexibility index (Phi) is 1.81. The molecule has 0 unspecified atom stereocenters. The monoisotopic (exact) mass is 139 g/mol. The van der Waals surface area contributed by atoms with E-state index in [0.29, 0.717) is 6.54 Å². The maximum atomic E-state index is 5.54. The first-order chi connectivity index (χ1) is 4.67. The van der Waals surface area contributed by atoms with Crippen LogP contribution in [0.2, 0.25) is 0 Å². The van der Waals surface area contributed by atoms with Crippen LogP contribution in [-0.2, 0) is 5.41 Å². The highest BCUT2D eigenvalue weighted by Gasteiger charge is 2.20. The van der Waals surface area contributed by atoms with Crippen LogP contribution in [0.3, 0.4) is 0 Å². The van der Waals surface area contributed by atoms with Crippen LogP contribution in [-0.4, -0.2) is 6.54 Å². The van der Waals surface area contributed by atoms with Crippen molar-refractivity contribution in [2.75, 3.05) is 6.54 Å². The minimum atomic E-state index is -0.0243. The van der Waals surface area contributed by atoms with E-state index in [1.807, 2.05) is 12.1 Å². The number of hydrogen-bond acceptors (Lipinski definition) is 2. The zero-order chi connectivity index (χ0) is 7.61. The summed E-state index contributed by atoms with van der Waals surface area (Å²) in [6.07, 6.45) is 1.67. The molecule has 56 valence electrons. The average molecular weight is 139 g/mol. The van der Waals surface area contributed by atoms with Crippen molar-refractivity contribution in [1.82, 2.24) is 0 Å². The van der Waals surface area contributed by atoms with Crippen LogP contribution in [0.1, 0.15) is 19.6 Å². The van der Waals surface area contributed by atoms with Gasteiger partial charge in [-0.1, -0.05) is 13.8 Å². The zero-order valence-corrected chi connectivity index (χ0v) is 6.42. The summed E-state index contributed by atoms with van der Waals surface area (Å²) in [6, 6.07) is 3.83. The molecule has 0 aliphatic carbocycles. The second-order valence-corrected chi connectivity index (χ2v) is 3.07. The fraction of sp³-hybridized carbons (Fsp3) is 0.500. The number of rotatable bonds is 2. The van der Waals surface area contributed by atoms with Gasteiger partial charge in [-0.25, -0.2) is 0 Å². The molecule has 1 aromatic heterocycles. The van der Waals surface area contributed by atoms with Gasteiger partial charge in [0, 0.05) is 12.0 Å². The molecule has 0 aliphatic heterocycles. The van der Waals surface area contributed by atoms with Crippen molar-refractivity contribution in [3.8, 4) is 0 Å². The SMILES string of the molecule is CC(C)(CN)c1ccco1. The Balaban J connectivity index is 2.85. The first kappa shape index (κ1) is 7.35. The normalized spacial score (nSPS) is 11.9. The molecule has 0 radical (unpaired) electrons. The molecule has 0 atom stereocenters. The molecule has 2 nitrogen and oxygen atoms in total. The van der Waals surface area contributed by atoms with E-state index in [0.717, 1.165) is 5.76 Å². The van der Waals surface area contributed by atoms with E-state index < -0.39 is 0 Å². The van der Waals surface area contributed by atoms with Gasteiger partial charge in [0.25, 0.3) is 0 Å². The van der Waals surface area contributed by atoms with Gasteiger partial charge >= 0.3 is 0 Å². The molecule has 2 N–H and O–H groups in total. The third kappa shape index (κ3) is 1.21. The highest BCUT2D eigenvalue weighted by molar-refractivity contribution is 5.10. The second kappa shape index (κ2) is 2.46. The van der Waals surface area contributed by atoms with Crippen molar-refractivity contribution >= 4 is 0 Å². The van der Waals surface area contributed by atoms with Gasteiger partial charge < -0.3 is 10.2 Å². The standard InChI is InChI=1S/C8H13NO/c1-8(2,6-9)7-4-3-5-10-7/h3-5H,6,9H2,1-2H3. The van der Waals surface area contributed by atoms with Gasteiger partial charge in [0.2, 0.25) is 0 Å². The van der Waals surface area contributed by atoms with Gasteiger partial charge in [-0.05, 0) is 12.1 Å². The van der Waals surface area contributed by atoms with Gasteiger partial charge in [0.15, 0.2) is 0 Å². The third-order valence-electron chi connectivity index (χ3n) is 1.70. The Morgan fingerprint density at radius 1 is 1.60 bits per heavy atom. The molecule has 2 heteroatoms. The predicted molar refractivity (Wildman–Crippen MR) is 40.8 cm³/mol. The van der Waals surface area contributed by atoms with Crippen LogP contribution in [0.4, 0.5) is 0 Å². The average Bonchev–Trinajstić information content (AvgIpc) is 2.38. The van der Waals surface area contributed by atoms with Crippen LogP contribution >= 0.6 is 0 Å². The summed E-state index contributed by atoms with van der Waals surface area (Å²) in [6.45, 7) is 4.73. The Labute approximate surface area is 61.0 Å². The minimum Gasteiger partial charge on any atom is -0.469 e. The van der Waals surface area contributed by atoms with E-state index in [1.54, 1.807) is 6.26 Å². The van der Waals surface area contributed by atoms with Crippen molar-refractivity contribution in [2.24, 2.45) is 5.73 Å². The van der Waals surface area contributed by atoms with Gasteiger partial charge in [0.1, 0.15) is 5.76 Å². The Bertz CT molecular complexity index is 189. The van der Waals surface area contributed by atoms with Crippen LogP contribution in [0.25, 0.3) is 0 Å². The van der Waals surface area contributed by atoms with Crippen molar-refractivity contribution in [2.45, 2.75) is 19.3 Å². The van der Waals surface area contributed by atoms with E-state index in [-0.39, 0.29) is 5.41 Å². The molecule has 1 heterocycles. The Morgan fingerprint density at radius 3 is 2.70 bits per heavy atom. The van der Waals surface area contributed by atoms with Crippen molar-refractivity contribution < 1.29 is 4.42 Å². The van der Waals surface area contributed by atoms with E-state index in [9.17, 15) is 0 Å². The summed E-state index contributed by atoms with van der Waals surface area (Å²) in [7, 11) is 0. The fourth-order valence-corrected chi connectivity index (χ4v) is 0.764. The molecule has 0 spiro atoms. The van der Waals surface area contributed by atoms with Crippen molar-refractivity contribution in [1.29, 1.82) is 0 Å². The first-order valence-corrected chi connectivity index (χ1v) is 3.41. The van der Waals surface area contributed by atoms with Gasteiger partial charge in [-0.15, -0.1) is 0 Å². The Hall–Kier alpha value is -0.760. The summed E-state index contributed by atoms with van der Waals surface area (Å²) >= 11 is 0. The fourth-order valence-electron chi connectivity index (χ4n) is 0.764. The lowest BCUT2D eigenvalue weighted by Gasteiger charge is -2.18. The van der Waals surface area contributed by atoms with Crippen LogP contribution in [0.5, 0.6) is 0 Å². The van der Waals surface area contributed by atoms with Crippen LogP contribution in [0, 0.1) is 0 Å². The number of hydrogen-bond donors (Lipinski definition) is 1. The molecular weight excluding hydrogens is 126 g/mol. The smallest absolute Gasteiger partial charge is 0.110 e. The lowest BCUT2D eigenvalue weighted by atomic mass is 9.91. The highest BCUT2D eigenvalue weighted by Crippen LogP contribution is 2.21. The molecule has 0 saturated heterocycles. The predicted octanol–water partition coefficient (Wildman–Crippen LogP) is 1.52. The highest BCUT2D eigenvalue weighted by atomic mass is 16.3. The number of nitrogens with two attached hydrogens (primary N) is 1. The van der Waals surface area contributed by atoms with Crippen molar-refractivity contribution in [3.63, 3.8) is 0 Å². The largest absolute Gasteiger partial charge is 0.469 e. The molecule has 0 fully saturated rings. The maximum absolute atomic E-state index is 5.54. The minimum absolute atomic E-state index is 0.0243. The summed E-state index contributed by atoms with van der Waals surface area (Å²) in [5.74, 6) is 0.954. The summed E-state index contributed by atoms with van der Waals surface area (Å²) < 4.78 is 5.21. The molecule has 10 heavy (non-hydrogen) atoms. The quantitative estimate of drug-likeness (QED) is 0.674. The summed E-state index contributed by atoms with van der Waals surface area (Å²) in [4.78, 5) is 0. The van der Waals surface area contributed by atoms with E-state index >= 15 is 0 Å². The lowest BCUT2D eigenvalue weighted by Crippen LogP contribution is -2.27. The summed E-state index contributed by atoms with van der Waals surface area (Å²) in [5, 5.41) is 0. The molecule has 0 saturated carbocycles. The first-order valence-electron chi connectivity index (χ1n) is 3.41. The zero-order valence-electron chi connectivity index (χ0n) is 6.42. The molecular formula is C8H13NO.